The maximum atomic E-state index is 11.8. The van der Waals surface area contributed by atoms with Crippen molar-refractivity contribution in [3.63, 3.8) is 0 Å². The molecule has 1 amide bonds. The third-order valence-corrected chi connectivity index (χ3v) is 2.85. The summed E-state index contributed by atoms with van der Waals surface area (Å²) < 4.78 is 0. The number of amides is 1. The van der Waals surface area contributed by atoms with Gasteiger partial charge in [0.15, 0.2) is 0 Å². The molecule has 0 aliphatic rings. The highest BCUT2D eigenvalue weighted by molar-refractivity contribution is 6.33. The van der Waals surface area contributed by atoms with Crippen LogP contribution in [0.2, 0.25) is 5.02 Å². The van der Waals surface area contributed by atoms with Crippen molar-refractivity contribution in [2.75, 3.05) is 30.7 Å². The molecule has 0 radical (unpaired) electrons. The van der Waals surface area contributed by atoms with E-state index >= 15 is 0 Å². The number of nitrogens with zero attached hydrogens (tertiary/aromatic N) is 1. The third kappa shape index (κ3) is 3.82. The fourth-order valence-corrected chi connectivity index (χ4v) is 1.79. The van der Waals surface area contributed by atoms with Crippen LogP contribution in [0.4, 0.5) is 11.4 Å². The largest absolute Gasteiger partial charge is 0.399 e. The summed E-state index contributed by atoms with van der Waals surface area (Å²) in [4.78, 5) is 13.5. The number of anilines is 2. The number of hydrogen-bond acceptors (Lipinski definition) is 3. The van der Waals surface area contributed by atoms with Gasteiger partial charge in [0.2, 0.25) is 5.91 Å². The molecule has 0 aliphatic carbocycles. The van der Waals surface area contributed by atoms with Gasteiger partial charge in [0.1, 0.15) is 0 Å². The molecule has 0 bridgehead atoms. The van der Waals surface area contributed by atoms with Crippen LogP contribution in [-0.4, -0.2) is 30.4 Å². The minimum absolute atomic E-state index is 0.0582. The van der Waals surface area contributed by atoms with Crippen molar-refractivity contribution in [1.82, 2.24) is 4.90 Å². The molecule has 1 rings (SSSR count). The van der Waals surface area contributed by atoms with Gasteiger partial charge >= 0.3 is 0 Å². The van der Waals surface area contributed by atoms with Gasteiger partial charge < -0.3 is 16.0 Å². The zero-order chi connectivity index (χ0) is 12.8. The Hall–Kier alpha value is -1.42. The predicted molar refractivity (Wildman–Crippen MR) is 72.3 cm³/mol. The highest BCUT2D eigenvalue weighted by Gasteiger charge is 2.09. The SMILES string of the molecule is CCN(CC)C(=O)CNc1ccc(N)cc1Cl. The summed E-state index contributed by atoms with van der Waals surface area (Å²) in [7, 11) is 0. The van der Waals surface area contributed by atoms with E-state index in [-0.39, 0.29) is 12.5 Å². The average molecular weight is 256 g/mol. The number of carbonyl (C=O) groups excluding carboxylic acids is 1. The standard InChI is InChI=1S/C12H18ClN3O/c1-3-16(4-2)12(17)8-15-11-6-5-9(14)7-10(11)13/h5-7,15H,3-4,8,14H2,1-2H3. The molecule has 94 valence electrons. The first-order valence-corrected chi connectivity index (χ1v) is 6.03. The molecule has 5 heteroatoms. The summed E-state index contributed by atoms with van der Waals surface area (Å²) in [5.41, 5.74) is 6.92. The van der Waals surface area contributed by atoms with Gasteiger partial charge in [0, 0.05) is 18.8 Å². The first kappa shape index (κ1) is 13.6. The van der Waals surface area contributed by atoms with Crippen LogP contribution in [0.5, 0.6) is 0 Å². The van der Waals surface area contributed by atoms with Gasteiger partial charge in [-0.1, -0.05) is 11.6 Å². The summed E-state index contributed by atoms with van der Waals surface area (Å²) in [6, 6.07) is 5.18. The number of benzene rings is 1. The van der Waals surface area contributed by atoms with Gasteiger partial charge in [0.25, 0.3) is 0 Å². The maximum absolute atomic E-state index is 11.8. The van der Waals surface area contributed by atoms with Crippen molar-refractivity contribution in [1.29, 1.82) is 0 Å². The van der Waals surface area contributed by atoms with E-state index in [9.17, 15) is 4.79 Å². The van der Waals surface area contributed by atoms with Gasteiger partial charge in [0.05, 0.1) is 17.3 Å². The zero-order valence-electron chi connectivity index (χ0n) is 10.2. The second kappa shape index (κ2) is 6.35. The Morgan fingerprint density at radius 3 is 2.59 bits per heavy atom. The summed E-state index contributed by atoms with van der Waals surface area (Å²) in [6.45, 7) is 5.58. The average Bonchev–Trinajstić information content (AvgIpc) is 2.29. The second-order valence-electron chi connectivity index (χ2n) is 3.66. The van der Waals surface area contributed by atoms with E-state index in [0.717, 1.165) is 5.69 Å². The van der Waals surface area contributed by atoms with Crippen LogP contribution in [0, 0.1) is 0 Å². The van der Waals surface area contributed by atoms with Gasteiger partial charge in [-0.15, -0.1) is 0 Å². The van der Waals surface area contributed by atoms with Crippen LogP contribution in [0.1, 0.15) is 13.8 Å². The first-order valence-electron chi connectivity index (χ1n) is 5.65. The molecule has 0 unspecified atom stereocenters. The lowest BCUT2D eigenvalue weighted by Gasteiger charge is -2.19. The lowest BCUT2D eigenvalue weighted by Crippen LogP contribution is -2.35. The van der Waals surface area contributed by atoms with Crippen LogP contribution < -0.4 is 11.1 Å². The monoisotopic (exact) mass is 255 g/mol. The molecule has 0 spiro atoms. The number of rotatable bonds is 5. The Labute approximate surface area is 107 Å². The summed E-state index contributed by atoms with van der Waals surface area (Å²) in [5, 5.41) is 3.54. The highest BCUT2D eigenvalue weighted by Crippen LogP contribution is 2.23. The van der Waals surface area contributed by atoms with Gasteiger partial charge in [-0.05, 0) is 32.0 Å². The number of hydrogen-bond donors (Lipinski definition) is 2. The Balaban J connectivity index is 2.58. The lowest BCUT2D eigenvalue weighted by atomic mass is 10.3. The van der Waals surface area contributed by atoms with E-state index in [2.05, 4.69) is 5.32 Å². The molecule has 1 aromatic rings. The minimum atomic E-state index is 0.0582. The van der Waals surface area contributed by atoms with Gasteiger partial charge in [-0.2, -0.15) is 0 Å². The Bertz CT molecular complexity index is 391. The van der Waals surface area contributed by atoms with Crippen molar-refractivity contribution in [2.45, 2.75) is 13.8 Å². The summed E-state index contributed by atoms with van der Waals surface area (Å²) in [6.07, 6.45) is 0. The van der Waals surface area contributed by atoms with Crippen LogP contribution >= 0.6 is 11.6 Å². The molecule has 17 heavy (non-hydrogen) atoms. The first-order chi connectivity index (χ1) is 8.08. The summed E-state index contributed by atoms with van der Waals surface area (Å²) in [5.74, 6) is 0.0582. The maximum Gasteiger partial charge on any atom is 0.241 e. The van der Waals surface area contributed by atoms with E-state index in [0.29, 0.717) is 23.8 Å². The molecule has 1 aromatic carbocycles. The Morgan fingerprint density at radius 1 is 1.41 bits per heavy atom. The predicted octanol–water partition coefficient (Wildman–Crippen LogP) is 2.20. The van der Waals surface area contributed by atoms with Gasteiger partial charge in [-0.3, -0.25) is 4.79 Å². The van der Waals surface area contributed by atoms with E-state index in [1.165, 1.54) is 0 Å². The van der Waals surface area contributed by atoms with Crippen LogP contribution in [-0.2, 0) is 4.79 Å². The smallest absolute Gasteiger partial charge is 0.241 e. The molecule has 0 saturated carbocycles. The van der Waals surface area contributed by atoms with Crippen LogP contribution in [0.3, 0.4) is 0 Å². The van der Waals surface area contributed by atoms with Crippen molar-refractivity contribution < 1.29 is 4.79 Å². The molecular formula is C12H18ClN3O. The number of carbonyl (C=O) groups is 1. The highest BCUT2D eigenvalue weighted by atomic mass is 35.5. The number of halogens is 1. The second-order valence-corrected chi connectivity index (χ2v) is 4.07. The van der Waals surface area contributed by atoms with Crippen LogP contribution in [0.25, 0.3) is 0 Å². The Morgan fingerprint density at radius 2 is 2.06 bits per heavy atom. The van der Waals surface area contributed by atoms with Crippen molar-refractivity contribution in [3.8, 4) is 0 Å². The lowest BCUT2D eigenvalue weighted by molar-refractivity contribution is -0.128. The quantitative estimate of drug-likeness (QED) is 0.793. The number of nitrogens with two attached hydrogens (primary N) is 1. The fourth-order valence-electron chi connectivity index (χ4n) is 1.53. The molecular weight excluding hydrogens is 238 g/mol. The molecule has 3 N–H and O–H groups in total. The van der Waals surface area contributed by atoms with Crippen LogP contribution in [0.15, 0.2) is 18.2 Å². The number of nitrogen functional groups attached to an aromatic ring is 1. The third-order valence-electron chi connectivity index (χ3n) is 2.54. The molecule has 0 saturated heterocycles. The van der Waals surface area contributed by atoms with Crippen molar-refractivity contribution in [3.05, 3.63) is 23.2 Å². The van der Waals surface area contributed by atoms with Gasteiger partial charge in [-0.25, -0.2) is 0 Å². The number of likely N-dealkylation sites (N-methyl/N-ethyl adjacent to an activating group) is 1. The van der Waals surface area contributed by atoms with E-state index in [4.69, 9.17) is 17.3 Å². The summed E-state index contributed by atoms with van der Waals surface area (Å²) >= 11 is 5.99. The molecule has 0 atom stereocenters. The van der Waals surface area contributed by atoms with E-state index in [1.807, 2.05) is 13.8 Å². The van der Waals surface area contributed by atoms with Crippen molar-refractivity contribution >= 4 is 28.9 Å². The normalized spacial score (nSPS) is 10.1. The molecule has 0 heterocycles. The van der Waals surface area contributed by atoms with E-state index < -0.39 is 0 Å². The molecule has 0 fully saturated rings. The molecule has 4 nitrogen and oxygen atoms in total. The Kier molecular flexibility index (Phi) is 5.10. The molecule has 0 aliphatic heterocycles. The topological polar surface area (TPSA) is 58.4 Å². The van der Waals surface area contributed by atoms with Crippen molar-refractivity contribution in [2.24, 2.45) is 0 Å². The molecule has 0 aromatic heterocycles. The number of nitrogens with one attached hydrogen (secondary N) is 1. The fraction of sp³-hybridized carbons (Fsp3) is 0.417. The van der Waals surface area contributed by atoms with E-state index in [1.54, 1.807) is 23.1 Å². The zero-order valence-corrected chi connectivity index (χ0v) is 10.9. The minimum Gasteiger partial charge on any atom is -0.399 e.